The number of ether oxygens (including phenoxy) is 1. The van der Waals surface area contributed by atoms with E-state index in [1.807, 2.05) is 24.3 Å². The first-order valence-electron chi connectivity index (χ1n) is 8.24. The lowest BCUT2D eigenvalue weighted by Crippen LogP contribution is -2.40. The second-order valence-corrected chi connectivity index (χ2v) is 8.65. The number of carbonyl (C=O) groups is 1. The van der Waals surface area contributed by atoms with Gasteiger partial charge in [0.05, 0.1) is 24.3 Å². The van der Waals surface area contributed by atoms with Crippen molar-refractivity contribution in [3.05, 3.63) is 64.1 Å². The zero-order valence-electron chi connectivity index (χ0n) is 14.3. The molecule has 1 amide bonds. The van der Waals surface area contributed by atoms with Crippen LogP contribution in [0.5, 0.6) is 0 Å². The van der Waals surface area contributed by atoms with Crippen LogP contribution < -0.4 is 5.43 Å². The van der Waals surface area contributed by atoms with Crippen molar-refractivity contribution in [1.29, 1.82) is 0 Å². The Bertz CT molecular complexity index is 957. The summed E-state index contributed by atoms with van der Waals surface area (Å²) >= 11 is 3.36. The number of hydrazone groups is 1. The molecule has 0 aliphatic carbocycles. The van der Waals surface area contributed by atoms with Crippen molar-refractivity contribution in [2.45, 2.75) is 4.90 Å². The van der Waals surface area contributed by atoms with E-state index in [1.54, 1.807) is 12.1 Å². The summed E-state index contributed by atoms with van der Waals surface area (Å²) < 4.78 is 32.8. The third-order valence-electron chi connectivity index (χ3n) is 3.93. The molecule has 3 rings (SSSR count). The third kappa shape index (κ3) is 5.01. The first kappa shape index (κ1) is 19.7. The molecule has 1 aliphatic heterocycles. The summed E-state index contributed by atoms with van der Waals surface area (Å²) in [5.41, 5.74) is 3.44. The zero-order valence-corrected chi connectivity index (χ0v) is 16.7. The number of hydrogen-bond donors (Lipinski definition) is 1. The number of sulfonamides is 1. The molecule has 27 heavy (non-hydrogen) atoms. The van der Waals surface area contributed by atoms with Gasteiger partial charge in [-0.3, -0.25) is 4.79 Å². The molecular weight excluding hydrogens is 434 g/mol. The van der Waals surface area contributed by atoms with Crippen LogP contribution in [0.2, 0.25) is 0 Å². The number of rotatable bonds is 5. The number of amides is 1. The van der Waals surface area contributed by atoms with Crippen LogP contribution in [0, 0.1) is 0 Å². The summed E-state index contributed by atoms with van der Waals surface area (Å²) in [6.07, 6.45) is 1.51. The Labute approximate surface area is 166 Å². The van der Waals surface area contributed by atoms with E-state index in [0.717, 1.165) is 10.0 Å². The number of nitrogens with one attached hydrogen (secondary N) is 1. The molecular formula is C18H18BrN3O4S. The summed E-state index contributed by atoms with van der Waals surface area (Å²) in [5.74, 6) is -0.486. The molecule has 2 aromatic rings. The monoisotopic (exact) mass is 451 g/mol. The molecule has 0 unspecified atom stereocenters. The number of carbonyl (C=O) groups excluding carboxylic acids is 1. The summed E-state index contributed by atoms with van der Waals surface area (Å²) in [5, 5.41) is 3.92. The van der Waals surface area contributed by atoms with Crippen molar-refractivity contribution in [1.82, 2.24) is 9.73 Å². The smallest absolute Gasteiger partial charge is 0.271 e. The molecule has 9 heteroatoms. The average molecular weight is 452 g/mol. The minimum atomic E-state index is -3.66. The molecule has 0 radical (unpaired) electrons. The highest BCUT2D eigenvalue weighted by molar-refractivity contribution is 9.10. The number of nitrogens with zero attached hydrogens (tertiary/aromatic N) is 2. The highest BCUT2D eigenvalue weighted by Gasteiger charge is 2.26. The Morgan fingerprint density at radius 1 is 1.15 bits per heavy atom. The molecule has 0 aromatic heterocycles. The van der Waals surface area contributed by atoms with Crippen molar-refractivity contribution < 1.29 is 17.9 Å². The topological polar surface area (TPSA) is 88.1 Å². The van der Waals surface area contributed by atoms with Crippen LogP contribution in [-0.2, 0) is 14.8 Å². The van der Waals surface area contributed by atoms with Crippen molar-refractivity contribution in [3.8, 4) is 0 Å². The van der Waals surface area contributed by atoms with E-state index in [-0.39, 0.29) is 10.5 Å². The SMILES string of the molecule is O=C(NN=Cc1cccc(Br)c1)c1cccc(S(=O)(=O)N2CCOCC2)c1. The Kier molecular flexibility index (Phi) is 6.38. The second-order valence-electron chi connectivity index (χ2n) is 5.80. The quantitative estimate of drug-likeness (QED) is 0.557. The fourth-order valence-electron chi connectivity index (χ4n) is 2.55. The van der Waals surface area contributed by atoms with Crippen LogP contribution in [0.4, 0.5) is 0 Å². The van der Waals surface area contributed by atoms with E-state index < -0.39 is 15.9 Å². The van der Waals surface area contributed by atoms with Gasteiger partial charge in [0.2, 0.25) is 10.0 Å². The summed E-state index contributed by atoms with van der Waals surface area (Å²) in [7, 11) is -3.66. The van der Waals surface area contributed by atoms with Crippen molar-refractivity contribution in [2.24, 2.45) is 5.10 Å². The maximum atomic E-state index is 12.7. The van der Waals surface area contributed by atoms with Gasteiger partial charge in [-0.15, -0.1) is 0 Å². The first-order chi connectivity index (χ1) is 13.0. The van der Waals surface area contributed by atoms with E-state index in [4.69, 9.17) is 4.74 Å². The predicted octanol–water partition coefficient (Wildman–Crippen LogP) is 2.23. The maximum absolute atomic E-state index is 12.7. The van der Waals surface area contributed by atoms with Crippen molar-refractivity contribution in [2.75, 3.05) is 26.3 Å². The molecule has 2 aromatic carbocycles. The van der Waals surface area contributed by atoms with Crippen molar-refractivity contribution in [3.63, 3.8) is 0 Å². The molecule has 1 saturated heterocycles. The predicted molar refractivity (Wildman–Crippen MR) is 105 cm³/mol. The van der Waals surface area contributed by atoms with Gasteiger partial charge in [-0.05, 0) is 35.9 Å². The standard InChI is InChI=1S/C18H18BrN3O4S/c19-16-5-1-3-14(11-16)13-20-21-18(23)15-4-2-6-17(12-15)27(24,25)22-7-9-26-10-8-22/h1-6,11-13H,7-10H2,(H,21,23). The van der Waals surface area contributed by atoms with E-state index >= 15 is 0 Å². The van der Waals surface area contributed by atoms with Crippen LogP contribution in [-0.4, -0.2) is 51.1 Å². The molecule has 1 heterocycles. The fourth-order valence-corrected chi connectivity index (χ4v) is 4.42. The largest absolute Gasteiger partial charge is 0.379 e. The third-order valence-corrected chi connectivity index (χ3v) is 6.32. The molecule has 1 fully saturated rings. The molecule has 0 saturated carbocycles. The Hall–Kier alpha value is -2.07. The van der Waals surface area contributed by atoms with Crippen LogP contribution >= 0.6 is 15.9 Å². The highest BCUT2D eigenvalue weighted by atomic mass is 79.9. The van der Waals surface area contributed by atoms with Gasteiger partial charge in [0.15, 0.2) is 0 Å². The van der Waals surface area contributed by atoms with Gasteiger partial charge in [-0.1, -0.05) is 34.1 Å². The van der Waals surface area contributed by atoms with E-state index in [2.05, 4.69) is 26.5 Å². The number of hydrogen-bond acceptors (Lipinski definition) is 5. The molecule has 0 spiro atoms. The fraction of sp³-hybridized carbons (Fsp3) is 0.222. The molecule has 0 bridgehead atoms. The maximum Gasteiger partial charge on any atom is 0.271 e. The number of halogens is 1. The van der Waals surface area contributed by atoms with Gasteiger partial charge < -0.3 is 4.74 Å². The average Bonchev–Trinajstić information content (AvgIpc) is 2.69. The zero-order chi connectivity index (χ0) is 19.3. The van der Waals surface area contributed by atoms with Crippen molar-refractivity contribution >= 4 is 38.1 Å². The molecule has 7 nitrogen and oxygen atoms in total. The summed E-state index contributed by atoms with van der Waals surface area (Å²) in [6, 6.07) is 13.4. The van der Waals surface area contributed by atoms with Crippen LogP contribution in [0.15, 0.2) is 63.0 Å². The Morgan fingerprint density at radius 2 is 1.89 bits per heavy atom. The van der Waals surface area contributed by atoms with Crippen LogP contribution in [0.25, 0.3) is 0 Å². The van der Waals surface area contributed by atoms with E-state index in [1.165, 1.54) is 22.7 Å². The minimum Gasteiger partial charge on any atom is -0.379 e. The van der Waals surface area contributed by atoms with Gasteiger partial charge in [0.1, 0.15) is 0 Å². The summed E-state index contributed by atoms with van der Waals surface area (Å²) in [6.45, 7) is 1.33. The molecule has 142 valence electrons. The summed E-state index contributed by atoms with van der Waals surface area (Å²) in [4.78, 5) is 12.4. The Balaban J connectivity index is 1.72. The lowest BCUT2D eigenvalue weighted by Gasteiger charge is -2.26. The van der Waals surface area contributed by atoms with Gasteiger partial charge in [0.25, 0.3) is 5.91 Å². The van der Waals surface area contributed by atoms with Gasteiger partial charge >= 0.3 is 0 Å². The van der Waals surface area contributed by atoms with E-state index in [0.29, 0.717) is 26.3 Å². The van der Waals surface area contributed by atoms with E-state index in [9.17, 15) is 13.2 Å². The van der Waals surface area contributed by atoms with Gasteiger partial charge in [-0.25, -0.2) is 13.8 Å². The van der Waals surface area contributed by atoms with Crippen LogP contribution in [0.1, 0.15) is 15.9 Å². The first-order valence-corrected chi connectivity index (χ1v) is 10.5. The normalized spacial score (nSPS) is 15.7. The lowest BCUT2D eigenvalue weighted by atomic mass is 10.2. The highest BCUT2D eigenvalue weighted by Crippen LogP contribution is 2.18. The minimum absolute atomic E-state index is 0.0769. The van der Waals surface area contributed by atoms with Gasteiger partial charge in [-0.2, -0.15) is 9.41 Å². The molecule has 1 N–H and O–H groups in total. The second kappa shape index (κ2) is 8.75. The number of morpholine rings is 1. The molecule has 1 aliphatic rings. The van der Waals surface area contributed by atoms with Gasteiger partial charge in [0, 0.05) is 23.1 Å². The Morgan fingerprint density at radius 3 is 2.63 bits per heavy atom. The number of benzene rings is 2. The lowest BCUT2D eigenvalue weighted by molar-refractivity contribution is 0.0730. The van der Waals surface area contributed by atoms with Crippen LogP contribution in [0.3, 0.4) is 0 Å². The molecule has 0 atom stereocenters.